The summed E-state index contributed by atoms with van der Waals surface area (Å²) >= 11 is 0. The van der Waals surface area contributed by atoms with E-state index in [4.69, 9.17) is 28.4 Å². The van der Waals surface area contributed by atoms with Gasteiger partial charge in [0.15, 0.2) is 23.0 Å². The summed E-state index contributed by atoms with van der Waals surface area (Å²) < 4.78 is 33.9. The number of ether oxygens (including phenoxy) is 6. The number of rotatable bonds is 12. The Morgan fingerprint density at radius 3 is 2.26 bits per heavy atom. The number of benzene rings is 2. The third-order valence-corrected chi connectivity index (χ3v) is 8.07. The average Bonchev–Trinajstić information content (AvgIpc) is 3.55. The van der Waals surface area contributed by atoms with E-state index in [1.165, 1.54) is 39.9 Å². The molecule has 8 heteroatoms. The van der Waals surface area contributed by atoms with Crippen LogP contribution in [0, 0.1) is 11.8 Å². The summed E-state index contributed by atoms with van der Waals surface area (Å²) in [7, 11) is 3.07. The zero-order chi connectivity index (χ0) is 27.4. The highest BCUT2D eigenvalue weighted by molar-refractivity contribution is 5.79. The molecule has 2 aromatic carbocycles. The molecule has 0 spiro atoms. The van der Waals surface area contributed by atoms with Crippen molar-refractivity contribution >= 4 is 11.9 Å². The Hall–Kier alpha value is -3.42. The molecule has 3 atom stereocenters. The first kappa shape index (κ1) is 27.2. The SMILES string of the molecule is CCCCCCCCCC(=O)Oc1c(OC)cc([C@@H]2c3cc4c(cc3C[C@H]3COC(=O)[C@@H]32)OCO4)cc1OC. The number of cyclic esters (lactones) is 1. The molecule has 8 nitrogen and oxygen atoms in total. The Balaban J connectivity index is 1.39. The Bertz CT molecular complexity index is 1180. The van der Waals surface area contributed by atoms with Crippen LogP contribution in [0.5, 0.6) is 28.7 Å². The number of carbonyl (C=O) groups excluding carboxylic acids is 2. The molecule has 2 aliphatic heterocycles. The molecule has 0 N–H and O–H groups in total. The minimum absolute atomic E-state index is 0.0480. The molecular formula is C31H38O8. The van der Waals surface area contributed by atoms with Gasteiger partial charge in [-0.3, -0.25) is 9.59 Å². The zero-order valence-electron chi connectivity index (χ0n) is 23.1. The van der Waals surface area contributed by atoms with E-state index in [-0.39, 0.29) is 42.2 Å². The van der Waals surface area contributed by atoms with Gasteiger partial charge in [0.05, 0.1) is 26.7 Å². The molecule has 0 amide bonds. The second-order valence-electron chi connectivity index (χ2n) is 10.6. The van der Waals surface area contributed by atoms with E-state index >= 15 is 0 Å². The number of esters is 2. The van der Waals surface area contributed by atoms with Gasteiger partial charge in [-0.05, 0) is 53.8 Å². The van der Waals surface area contributed by atoms with E-state index in [1.54, 1.807) is 0 Å². The van der Waals surface area contributed by atoms with Gasteiger partial charge in [-0.15, -0.1) is 0 Å². The van der Waals surface area contributed by atoms with E-state index in [0.29, 0.717) is 30.3 Å². The van der Waals surface area contributed by atoms with Gasteiger partial charge in [0.2, 0.25) is 12.5 Å². The highest BCUT2D eigenvalue weighted by atomic mass is 16.7. The third kappa shape index (κ3) is 5.65. The molecule has 0 unspecified atom stereocenters. The Morgan fingerprint density at radius 2 is 1.56 bits per heavy atom. The van der Waals surface area contributed by atoms with Crippen LogP contribution < -0.4 is 23.7 Å². The molecule has 0 aromatic heterocycles. The van der Waals surface area contributed by atoms with Crippen molar-refractivity contribution in [1.29, 1.82) is 0 Å². The first-order valence-electron chi connectivity index (χ1n) is 14.1. The van der Waals surface area contributed by atoms with E-state index in [2.05, 4.69) is 6.92 Å². The molecule has 39 heavy (non-hydrogen) atoms. The summed E-state index contributed by atoms with van der Waals surface area (Å²) in [4.78, 5) is 25.7. The van der Waals surface area contributed by atoms with Gasteiger partial charge >= 0.3 is 11.9 Å². The molecule has 0 radical (unpaired) electrons. The molecule has 5 rings (SSSR count). The number of hydrogen-bond acceptors (Lipinski definition) is 8. The Labute approximate surface area is 229 Å². The van der Waals surface area contributed by atoms with Gasteiger partial charge in [-0.2, -0.15) is 0 Å². The van der Waals surface area contributed by atoms with Crippen LogP contribution >= 0.6 is 0 Å². The maximum Gasteiger partial charge on any atom is 0.311 e. The van der Waals surface area contributed by atoms with Crippen LogP contribution in [0.1, 0.15) is 80.9 Å². The fourth-order valence-corrected chi connectivity index (χ4v) is 6.08. The highest BCUT2D eigenvalue weighted by Crippen LogP contribution is 2.52. The van der Waals surface area contributed by atoms with Gasteiger partial charge in [0.25, 0.3) is 0 Å². The fraction of sp³-hybridized carbons (Fsp3) is 0.548. The summed E-state index contributed by atoms with van der Waals surface area (Å²) in [5.74, 6) is 1.27. The molecule has 3 aliphatic rings. The second-order valence-corrected chi connectivity index (χ2v) is 10.6. The number of hydrogen-bond donors (Lipinski definition) is 0. The normalized spacial score (nSPS) is 20.7. The Morgan fingerprint density at radius 1 is 0.897 bits per heavy atom. The second kappa shape index (κ2) is 12.2. The molecule has 210 valence electrons. The Kier molecular flexibility index (Phi) is 8.48. The minimum Gasteiger partial charge on any atom is -0.493 e. The summed E-state index contributed by atoms with van der Waals surface area (Å²) in [6.07, 6.45) is 8.90. The van der Waals surface area contributed by atoms with Crippen LogP contribution in [0.3, 0.4) is 0 Å². The van der Waals surface area contributed by atoms with Crippen molar-refractivity contribution in [3.8, 4) is 28.7 Å². The van der Waals surface area contributed by atoms with Crippen molar-refractivity contribution in [3.63, 3.8) is 0 Å². The molecule has 1 fully saturated rings. The van der Waals surface area contributed by atoms with Crippen molar-refractivity contribution in [1.82, 2.24) is 0 Å². The summed E-state index contributed by atoms with van der Waals surface area (Å²) in [6.45, 7) is 2.77. The van der Waals surface area contributed by atoms with Crippen molar-refractivity contribution in [2.45, 2.75) is 70.6 Å². The van der Waals surface area contributed by atoms with E-state index in [9.17, 15) is 9.59 Å². The van der Waals surface area contributed by atoms with Crippen molar-refractivity contribution in [3.05, 3.63) is 41.0 Å². The van der Waals surface area contributed by atoms with E-state index < -0.39 is 0 Å². The van der Waals surface area contributed by atoms with Crippen LogP contribution in [-0.4, -0.2) is 39.6 Å². The lowest BCUT2D eigenvalue weighted by Crippen LogP contribution is -2.31. The topological polar surface area (TPSA) is 89.5 Å². The summed E-state index contributed by atoms with van der Waals surface area (Å²) in [5.41, 5.74) is 2.92. The fourth-order valence-electron chi connectivity index (χ4n) is 6.08. The van der Waals surface area contributed by atoms with Gasteiger partial charge in [0.1, 0.15) is 0 Å². The number of fused-ring (bicyclic) bond motifs is 3. The molecular weight excluding hydrogens is 500 g/mol. The van der Waals surface area contributed by atoms with Gasteiger partial charge in [-0.1, -0.05) is 45.4 Å². The minimum atomic E-state index is -0.349. The predicted molar refractivity (Wildman–Crippen MR) is 144 cm³/mol. The first-order valence-corrected chi connectivity index (χ1v) is 14.1. The van der Waals surface area contributed by atoms with Crippen LogP contribution in [0.2, 0.25) is 0 Å². The third-order valence-electron chi connectivity index (χ3n) is 8.07. The van der Waals surface area contributed by atoms with Crippen molar-refractivity contribution in [2.24, 2.45) is 11.8 Å². The quantitative estimate of drug-likeness (QED) is 0.186. The summed E-state index contributed by atoms with van der Waals surface area (Å²) in [5, 5.41) is 0. The van der Waals surface area contributed by atoms with Crippen LogP contribution in [-0.2, 0) is 20.7 Å². The largest absolute Gasteiger partial charge is 0.493 e. The molecule has 1 aliphatic carbocycles. The summed E-state index contributed by atoms with van der Waals surface area (Å²) in [6, 6.07) is 7.66. The number of methoxy groups -OCH3 is 2. The van der Waals surface area contributed by atoms with Gasteiger partial charge in [-0.25, -0.2) is 0 Å². The predicted octanol–water partition coefficient (Wildman–Crippen LogP) is 5.96. The molecule has 2 aromatic rings. The maximum absolute atomic E-state index is 12.9. The van der Waals surface area contributed by atoms with Crippen LogP contribution in [0.15, 0.2) is 24.3 Å². The number of carbonyl (C=O) groups is 2. The van der Waals surface area contributed by atoms with Crippen molar-refractivity contribution in [2.75, 3.05) is 27.6 Å². The zero-order valence-corrected chi connectivity index (χ0v) is 23.1. The lowest BCUT2D eigenvalue weighted by atomic mass is 9.67. The lowest BCUT2D eigenvalue weighted by molar-refractivity contribution is -0.141. The molecule has 2 heterocycles. The maximum atomic E-state index is 12.9. The lowest BCUT2D eigenvalue weighted by Gasteiger charge is -2.34. The first-order chi connectivity index (χ1) is 19.0. The van der Waals surface area contributed by atoms with Crippen LogP contribution in [0.4, 0.5) is 0 Å². The number of unbranched alkanes of at least 4 members (excludes halogenated alkanes) is 6. The molecule has 0 saturated carbocycles. The average molecular weight is 539 g/mol. The van der Waals surface area contributed by atoms with E-state index in [1.807, 2.05) is 24.3 Å². The monoisotopic (exact) mass is 538 g/mol. The highest BCUT2D eigenvalue weighted by Gasteiger charge is 2.48. The van der Waals surface area contributed by atoms with Crippen molar-refractivity contribution < 1.29 is 38.0 Å². The molecule has 0 bridgehead atoms. The van der Waals surface area contributed by atoms with E-state index in [0.717, 1.165) is 48.1 Å². The van der Waals surface area contributed by atoms with Gasteiger partial charge in [0, 0.05) is 18.3 Å². The smallest absolute Gasteiger partial charge is 0.311 e. The van der Waals surface area contributed by atoms with Crippen LogP contribution in [0.25, 0.3) is 0 Å². The molecule has 1 saturated heterocycles. The van der Waals surface area contributed by atoms with Gasteiger partial charge < -0.3 is 28.4 Å². The standard InChI is InChI=1S/C31H38O8/c1-4-5-6-7-8-9-10-11-27(32)39-30-25(34-2)14-20(15-26(30)35-3)28-22-16-24-23(37-18-38-24)13-19(22)12-21-17-36-31(33)29(21)28/h13-16,21,28-29H,4-12,17-18H2,1-3H3/t21-,28+,29-/m0/s1.